The van der Waals surface area contributed by atoms with Gasteiger partial charge in [-0.25, -0.2) is 14.6 Å². The van der Waals surface area contributed by atoms with E-state index >= 15 is 0 Å². The average molecular weight is 282 g/mol. The molecule has 2 N–H and O–H groups in total. The lowest BCUT2D eigenvalue weighted by Crippen LogP contribution is -2.56. The third-order valence-electron chi connectivity index (χ3n) is 3.72. The van der Waals surface area contributed by atoms with E-state index in [0.717, 1.165) is 13.0 Å². The largest absolute Gasteiger partial charge is 0.450 e. The van der Waals surface area contributed by atoms with Gasteiger partial charge in [0.2, 0.25) is 0 Å². The van der Waals surface area contributed by atoms with E-state index in [1.54, 1.807) is 11.8 Å². The van der Waals surface area contributed by atoms with Crippen molar-refractivity contribution >= 4 is 12.0 Å². The summed E-state index contributed by atoms with van der Waals surface area (Å²) in [6, 6.07) is 0.0449. The lowest BCUT2D eigenvalue weighted by molar-refractivity contribution is -0.0405. The van der Waals surface area contributed by atoms with E-state index in [-0.39, 0.29) is 12.1 Å². The van der Waals surface area contributed by atoms with Crippen LogP contribution in [0.2, 0.25) is 0 Å². The average Bonchev–Trinajstić information content (AvgIpc) is 2.47. The van der Waals surface area contributed by atoms with E-state index < -0.39 is 0 Å². The molecule has 0 radical (unpaired) electrons. The molecule has 0 aliphatic carbocycles. The Balaban J connectivity index is 1.90. The van der Waals surface area contributed by atoms with Gasteiger partial charge in [0, 0.05) is 45.2 Å². The second-order valence-electron chi connectivity index (χ2n) is 5.06. The number of piperazine rings is 1. The first-order valence-corrected chi connectivity index (χ1v) is 7.09. The van der Waals surface area contributed by atoms with Crippen LogP contribution in [0, 0.1) is 0 Å². The Morgan fingerprint density at radius 1 is 1.35 bits per heavy atom. The number of hydrazine groups is 1. The Bertz CT molecular complexity index is 400. The summed E-state index contributed by atoms with van der Waals surface area (Å²) in [4.78, 5) is 24.4. The number of nitrogens with zero attached hydrogens (tertiary/aromatic N) is 3. The summed E-state index contributed by atoms with van der Waals surface area (Å²) in [6.07, 6.45) is 1.17. The smallest absolute Gasteiger partial charge is 0.409 e. The molecule has 2 aliphatic heterocycles. The Labute approximate surface area is 118 Å². The number of nitrogens with two attached hydrogens (primary N) is 1. The molecule has 7 heteroatoms. The zero-order valence-corrected chi connectivity index (χ0v) is 11.9. The molecule has 0 aromatic heterocycles. The maximum absolute atomic E-state index is 11.6. The fourth-order valence-corrected chi connectivity index (χ4v) is 2.62. The van der Waals surface area contributed by atoms with Gasteiger partial charge in [0.1, 0.15) is 11.6 Å². The van der Waals surface area contributed by atoms with Gasteiger partial charge < -0.3 is 15.4 Å². The van der Waals surface area contributed by atoms with Crippen molar-refractivity contribution in [1.82, 2.24) is 14.9 Å². The molecule has 0 spiro atoms. The molecular formula is C13H22N4O3. The molecule has 0 aromatic carbocycles. The van der Waals surface area contributed by atoms with E-state index in [1.165, 1.54) is 0 Å². The van der Waals surface area contributed by atoms with Crippen LogP contribution in [0.15, 0.2) is 5.70 Å². The van der Waals surface area contributed by atoms with E-state index in [9.17, 15) is 9.59 Å². The first-order chi connectivity index (χ1) is 9.65. The number of rotatable bonds is 2. The van der Waals surface area contributed by atoms with Gasteiger partial charge in [-0.05, 0) is 13.3 Å². The van der Waals surface area contributed by atoms with Crippen molar-refractivity contribution in [2.75, 3.05) is 39.3 Å². The highest BCUT2D eigenvalue weighted by Gasteiger charge is 2.30. The standard InChI is InChI=1S/C13H22N4O3/c1-2-20-13(19)15-5-7-16(8-6-15)17-4-3-11(14)9-12(17)10-18/h11H,2-9,14H2,1H3. The molecule has 2 aliphatic rings. The van der Waals surface area contributed by atoms with Gasteiger partial charge in [0.15, 0.2) is 0 Å². The van der Waals surface area contributed by atoms with Gasteiger partial charge in [0.25, 0.3) is 0 Å². The van der Waals surface area contributed by atoms with Gasteiger partial charge in [-0.3, -0.25) is 5.01 Å². The van der Waals surface area contributed by atoms with Crippen molar-refractivity contribution in [3.8, 4) is 0 Å². The minimum absolute atomic E-state index is 0.0449. The molecule has 0 saturated carbocycles. The van der Waals surface area contributed by atoms with E-state index in [4.69, 9.17) is 10.5 Å². The minimum Gasteiger partial charge on any atom is -0.450 e. The Morgan fingerprint density at radius 2 is 2.05 bits per heavy atom. The minimum atomic E-state index is -0.265. The van der Waals surface area contributed by atoms with Gasteiger partial charge in [0.05, 0.1) is 6.61 Å². The number of hydrogen-bond acceptors (Lipinski definition) is 6. The highest BCUT2D eigenvalue weighted by Crippen LogP contribution is 2.21. The lowest BCUT2D eigenvalue weighted by Gasteiger charge is -2.44. The molecule has 1 unspecified atom stereocenters. The fraction of sp³-hybridized carbons (Fsp3) is 0.769. The normalized spacial score (nSPS) is 24.5. The summed E-state index contributed by atoms with van der Waals surface area (Å²) in [5, 5.41) is 4.07. The summed E-state index contributed by atoms with van der Waals surface area (Å²) in [5.41, 5.74) is 6.49. The van der Waals surface area contributed by atoms with E-state index in [1.807, 2.05) is 11.0 Å². The number of carbonyl (C=O) groups is 1. The van der Waals surface area contributed by atoms with Crippen LogP contribution in [0.3, 0.4) is 0 Å². The maximum Gasteiger partial charge on any atom is 0.409 e. The van der Waals surface area contributed by atoms with Crippen LogP contribution >= 0.6 is 0 Å². The van der Waals surface area contributed by atoms with Crippen molar-refractivity contribution in [2.45, 2.75) is 25.8 Å². The number of ether oxygens (including phenoxy) is 1. The van der Waals surface area contributed by atoms with Crippen molar-refractivity contribution in [1.29, 1.82) is 0 Å². The predicted octanol–water partition coefficient (Wildman–Crippen LogP) is -0.186. The summed E-state index contributed by atoms with van der Waals surface area (Å²) < 4.78 is 4.99. The molecule has 2 heterocycles. The maximum atomic E-state index is 11.6. The molecule has 1 atom stereocenters. The molecule has 0 aromatic rings. The van der Waals surface area contributed by atoms with Crippen molar-refractivity contribution < 1.29 is 14.3 Å². The third-order valence-corrected chi connectivity index (χ3v) is 3.72. The van der Waals surface area contributed by atoms with Gasteiger partial charge in [-0.1, -0.05) is 0 Å². The summed E-state index contributed by atoms with van der Waals surface area (Å²) >= 11 is 0. The topological polar surface area (TPSA) is 79.1 Å². The van der Waals surface area contributed by atoms with Crippen LogP contribution in [0.1, 0.15) is 19.8 Å². The van der Waals surface area contributed by atoms with Gasteiger partial charge in [-0.15, -0.1) is 0 Å². The van der Waals surface area contributed by atoms with Gasteiger partial charge >= 0.3 is 6.09 Å². The van der Waals surface area contributed by atoms with Crippen LogP contribution in [0.4, 0.5) is 4.79 Å². The molecule has 2 fully saturated rings. The predicted molar refractivity (Wildman–Crippen MR) is 73.3 cm³/mol. The zero-order valence-electron chi connectivity index (χ0n) is 11.9. The van der Waals surface area contributed by atoms with Gasteiger partial charge in [-0.2, -0.15) is 0 Å². The van der Waals surface area contributed by atoms with Crippen LogP contribution in [-0.2, 0) is 9.53 Å². The van der Waals surface area contributed by atoms with Crippen LogP contribution < -0.4 is 5.73 Å². The van der Waals surface area contributed by atoms with E-state index in [2.05, 4.69) is 5.01 Å². The van der Waals surface area contributed by atoms with Crippen LogP contribution in [-0.4, -0.2) is 72.3 Å². The monoisotopic (exact) mass is 282 g/mol. The summed E-state index contributed by atoms with van der Waals surface area (Å²) in [7, 11) is 0. The Kier molecular flexibility index (Phi) is 5.00. The lowest BCUT2D eigenvalue weighted by atomic mass is 10.0. The zero-order chi connectivity index (χ0) is 14.5. The molecule has 0 bridgehead atoms. The second kappa shape index (κ2) is 6.74. The van der Waals surface area contributed by atoms with Crippen LogP contribution in [0.25, 0.3) is 0 Å². The quantitative estimate of drug-likeness (QED) is 0.708. The SMILES string of the molecule is CCOC(=O)N1CCN(N2CCC(N)CC2=C=O)CC1. The summed E-state index contributed by atoms with van der Waals surface area (Å²) in [5.74, 6) is 2.00. The molecule has 2 saturated heterocycles. The molecule has 7 nitrogen and oxygen atoms in total. The van der Waals surface area contributed by atoms with Crippen molar-refractivity contribution in [2.24, 2.45) is 5.73 Å². The summed E-state index contributed by atoms with van der Waals surface area (Å²) in [6.45, 7) is 5.53. The number of carbonyl (C=O) groups excluding carboxylic acids is 2. The molecule has 2 rings (SSSR count). The fourth-order valence-electron chi connectivity index (χ4n) is 2.62. The molecule has 112 valence electrons. The first-order valence-electron chi connectivity index (χ1n) is 7.09. The molecule has 20 heavy (non-hydrogen) atoms. The van der Waals surface area contributed by atoms with E-state index in [0.29, 0.717) is 44.9 Å². The number of hydrogen-bond donors (Lipinski definition) is 1. The van der Waals surface area contributed by atoms with Crippen molar-refractivity contribution in [3.05, 3.63) is 5.70 Å². The second-order valence-corrected chi connectivity index (χ2v) is 5.06. The highest BCUT2D eigenvalue weighted by molar-refractivity contribution is 5.67. The number of piperidine rings is 1. The highest BCUT2D eigenvalue weighted by atomic mass is 16.6. The Hall–Kier alpha value is -1.56. The molecule has 1 amide bonds. The number of amides is 1. The van der Waals surface area contributed by atoms with Crippen LogP contribution in [0.5, 0.6) is 0 Å². The first kappa shape index (κ1) is 14.8. The third kappa shape index (κ3) is 3.30. The molecular weight excluding hydrogens is 260 g/mol. The Morgan fingerprint density at radius 3 is 2.65 bits per heavy atom. The van der Waals surface area contributed by atoms with Crippen molar-refractivity contribution in [3.63, 3.8) is 0 Å².